The average Bonchev–Trinajstić information content (AvgIpc) is 2.69. The third-order valence-corrected chi connectivity index (χ3v) is 2.63. The Hall–Kier alpha value is -1.55. The Morgan fingerprint density at radius 2 is 2.18 bits per heavy atom. The van der Waals surface area contributed by atoms with Gasteiger partial charge in [-0.05, 0) is 24.1 Å². The fourth-order valence-corrected chi connectivity index (χ4v) is 1.66. The summed E-state index contributed by atoms with van der Waals surface area (Å²) in [4.78, 5) is 4.31. The van der Waals surface area contributed by atoms with Crippen molar-refractivity contribution in [1.82, 2.24) is 10.1 Å². The molecule has 0 aliphatic rings. The molecule has 2 N–H and O–H groups in total. The van der Waals surface area contributed by atoms with E-state index in [-0.39, 0.29) is 0 Å². The van der Waals surface area contributed by atoms with Crippen molar-refractivity contribution >= 4 is 17.3 Å². The van der Waals surface area contributed by atoms with Gasteiger partial charge in [-0.2, -0.15) is 4.98 Å². The predicted molar refractivity (Wildman–Crippen MR) is 67.7 cm³/mol. The molecule has 17 heavy (non-hydrogen) atoms. The number of hydrogen-bond acceptors (Lipinski definition) is 4. The second kappa shape index (κ2) is 4.75. The van der Waals surface area contributed by atoms with E-state index in [1.165, 1.54) is 0 Å². The molecular formula is C12H14ClN3O. The summed E-state index contributed by atoms with van der Waals surface area (Å²) in [6, 6.07) is 5.27. The molecule has 2 rings (SSSR count). The lowest BCUT2D eigenvalue weighted by molar-refractivity contribution is 0.418. The third kappa shape index (κ3) is 2.77. The van der Waals surface area contributed by atoms with Crippen LogP contribution in [-0.4, -0.2) is 10.1 Å². The first-order valence-corrected chi connectivity index (χ1v) is 5.82. The second-order valence-electron chi connectivity index (χ2n) is 4.35. The Morgan fingerprint density at radius 1 is 1.41 bits per heavy atom. The van der Waals surface area contributed by atoms with Gasteiger partial charge in [0.1, 0.15) is 0 Å². The van der Waals surface area contributed by atoms with Crippen LogP contribution in [0.1, 0.15) is 19.7 Å². The van der Waals surface area contributed by atoms with Gasteiger partial charge in [0.25, 0.3) is 5.89 Å². The Kier molecular flexibility index (Phi) is 3.33. The molecule has 1 aromatic carbocycles. The van der Waals surface area contributed by atoms with Gasteiger partial charge in [0.15, 0.2) is 5.82 Å². The quantitative estimate of drug-likeness (QED) is 0.851. The van der Waals surface area contributed by atoms with Crippen molar-refractivity contribution in [3.63, 3.8) is 0 Å². The van der Waals surface area contributed by atoms with Gasteiger partial charge in [0, 0.05) is 12.0 Å². The molecule has 0 saturated heterocycles. The monoisotopic (exact) mass is 251 g/mol. The summed E-state index contributed by atoms with van der Waals surface area (Å²) in [7, 11) is 0. The molecule has 0 spiro atoms. The Bertz CT molecular complexity index is 522. The summed E-state index contributed by atoms with van der Waals surface area (Å²) >= 11 is 5.94. The van der Waals surface area contributed by atoms with Crippen molar-refractivity contribution in [2.45, 2.75) is 20.3 Å². The van der Waals surface area contributed by atoms with E-state index in [9.17, 15) is 0 Å². The molecule has 5 heteroatoms. The van der Waals surface area contributed by atoms with Crippen molar-refractivity contribution in [1.29, 1.82) is 0 Å². The van der Waals surface area contributed by atoms with Crippen LogP contribution in [0.4, 0.5) is 5.69 Å². The maximum absolute atomic E-state index is 5.94. The van der Waals surface area contributed by atoms with Gasteiger partial charge < -0.3 is 10.3 Å². The molecule has 0 fully saturated rings. The van der Waals surface area contributed by atoms with Crippen LogP contribution in [-0.2, 0) is 6.42 Å². The van der Waals surface area contributed by atoms with Gasteiger partial charge in [-0.15, -0.1) is 0 Å². The first-order valence-electron chi connectivity index (χ1n) is 5.44. The summed E-state index contributed by atoms with van der Waals surface area (Å²) in [6.07, 6.45) is 0.798. The van der Waals surface area contributed by atoms with E-state index < -0.39 is 0 Å². The van der Waals surface area contributed by atoms with E-state index in [4.69, 9.17) is 21.9 Å². The minimum Gasteiger partial charge on any atom is -0.398 e. The fraction of sp³-hybridized carbons (Fsp3) is 0.333. The molecule has 0 saturated carbocycles. The molecule has 0 unspecified atom stereocenters. The fourth-order valence-electron chi connectivity index (χ4n) is 1.48. The minimum atomic E-state index is 0.475. The van der Waals surface area contributed by atoms with Crippen molar-refractivity contribution < 1.29 is 4.52 Å². The zero-order valence-electron chi connectivity index (χ0n) is 9.77. The lowest BCUT2D eigenvalue weighted by Crippen LogP contribution is -1.95. The number of nitrogens with two attached hydrogens (primary N) is 1. The van der Waals surface area contributed by atoms with Crippen LogP contribution in [0, 0.1) is 5.92 Å². The summed E-state index contributed by atoms with van der Waals surface area (Å²) in [5.41, 5.74) is 6.96. The molecule has 0 radical (unpaired) electrons. The Balaban J connectivity index is 2.27. The summed E-state index contributed by atoms with van der Waals surface area (Å²) in [5.74, 6) is 1.68. The second-order valence-corrected chi connectivity index (χ2v) is 4.76. The highest BCUT2D eigenvalue weighted by Crippen LogP contribution is 2.26. The van der Waals surface area contributed by atoms with E-state index in [2.05, 4.69) is 24.0 Å². The van der Waals surface area contributed by atoms with Crippen molar-refractivity contribution in [2.75, 3.05) is 5.73 Å². The Labute approximate surface area is 105 Å². The number of rotatable bonds is 3. The lowest BCUT2D eigenvalue weighted by atomic mass is 10.1. The molecule has 0 aliphatic carbocycles. The zero-order chi connectivity index (χ0) is 12.4. The maximum Gasteiger partial charge on any atom is 0.257 e. The van der Waals surface area contributed by atoms with Gasteiger partial charge in [-0.25, -0.2) is 0 Å². The largest absolute Gasteiger partial charge is 0.398 e. The third-order valence-electron chi connectivity index (χ3n) is 2.31. The Morgan fingerprint density at radius 3 is 2.82 bits per heavy atom. The molecule has 0 bridgehead atoms. The smallest absolute Gasteiger partial charge is 0.257 e. The van der Waals surface area contributed by atoms with Crippen LogP contribution in [0.25, 0.3) is 11.5 Å². The first-order chi connectivity index (χ1) is 8.06. The van der Waals surface area contributed by atoms with E-state index in [0.717, 1.165) is 12.0 Å². The molecule has 0 aliphatic heterocycles. The van der Waals surface area contributed by atoms with E-state index in [1.807, 2.05) is 6.07 Å². The van der Waals surface area contributed by atoms with E-state index in [0.29, 0.717) is 28.3 Å². The number of anilines is 1. The van der Waals surface area contributed by atoms with Gasteiger partial charge in [-0.3, -0.25) is 0 Å². The first kappa shape index (κ1) is 11.9. The molecule has 1 aromatic heterocycles. The van der Waals surface area contributed by atoms with Crippen LogP contribution in [0.2, 0.25) is 5.02 Å². The maximum atomic E-state index is 5.94. The molecule has 0 amide bonds. The highest BCUT2D eigenvalue weighted by molar-refractivity contribution is 6.33. The highest BCUT2D eigenvalue weighted by Gasteiger charge is 2.11. The zero-order valence-corrected chi connectivity index (χ0v) is 10.5. The number of nitrogens with zero attached hydrogens (tertiary/aromatic N) is 2. The highest BCUT2D eigenvalue weighted by atomic mass is 35.5. The standard InChI is InChI=1S/C12H14ClN3O/c1-7(2)5-11-15-12(17-16-11)8-3-4-10(14)9(13)6-8/h3-4,6-7H,5,14H2,1-2H3. The van der Waals surface area contributed by atoms with Crippen LogP contribution in [0.15, 0.2) is 22.7 Å². The summed E-state index contributed by atoms with van der Waals surface area (Å²) in [6.45, 7) is 4.21. The van der Waals surface area contributed by atoms with Gasteiger partial charge in [0.2, 0.25) is 0 Å². The van der Waals surface area contributed by atoms with Crippen molar-refractivity contribution in [3.8, 4) is 11.5 Å². The topological polar surface area (TPSA) is 64.9 Å². The molecular weight excluding hydrogens is 238 g/mol. The molecule has 1 heterocycles. The number of nitrogen functional groups attached to an aromatic ring is 1. The molecule has 0 atom stereocenters. The molecule has 4 nitrogen and oxygen atoms in total. The molecule has 2 aromatic rings. The molecule has 90 valence electrons. The summed E-state index contributed by atoms with van der Waals surface area (Å²) < 4.78 is 5.19. The average molecular weight is 252 g/mol. The van der Waals surface area contributed by atoms with Gasteiger partial charge >= 0.3 is 0 Å². The van der Waals surface area contributed by atoms with Crippen LogP contribution in [0.3, 0.4) is 0 Å². The van der Waals surface area contributed by atoms with Crippen LogP contribution >= 0.6 is 11.6 Å². The van der Waals surface area contributed by atoms with Crippen molar-refractivity contribution in [3.05, 3.63) is 29.0 Å². The number of aromatic nitrogens is 2. The normalized spacial score (nSPS) is 11.1. The van der Waals surface area contributed by atoms with Crippen molar-refractivity contribution in [2.24, 2.45) is 5.92 Å². The number of benzene rings is 1. The van der Waals surface area contributed by atoms with E-state index >= 15 is 0 Å². The SMILES string of the molecule is CC(C)Cc1noc(-c2ccc(N)c(Cl)c2)n1. The lowest BCUT2D eigenvalue weighted by Gasteiger charge is -1.99. The van der Waals surface area contributed by atoms with Gasteiger partial charge in [-0.1, -0.05) is 30.6 Å². The van der Waals surface area contributed by atoms with Gasteiger partial charge in [0.05, 0.1) is 10.7 Å². The summed E-state index contributed by atoms with van der Waals surface area (Å²) in [5, 5.41) is 4.42. The number of hydrogen-bond donors (Lipinski definition) is 1. The van der Waals surface area contributed by atoms with Crippen LogP contribution in [0.5, 0.6) is 0 Å². The predicted octanol–water partition coefficient (Wildman–Crippen LogP) is 3.17. The van der Waals surface area contributed by atoms with E-state index in [1.54, 1.807) is 12.1 Å². The number of halogens is 1. The minimum absolute atomic E-state index is 0.475. The van der Waals surface area contributed by atoms with Crippen LogP contribution < -0.4 is 5.73 Å².